The monoisotopic (exact) mass is 387 g/mol. The highest BCUT2D eigenvalue weighted by Gasteiger charge is 2.42. The fourth-order valence-corrected chi connectivity index (χ4v) is 5.63. The maximum Gasteiger partial charge on any atom is 0.243 e. The number of hydrogen-bond acceptors (Lipinski definition) is 4. The molecule has 0 bridgehead atoms. The van der Waals surface area contributed by atoms with Crippen LogP contribution in [0.3, 0.4) is 0 Å². The summed E-state index contributed by atoms with van der Waals surface area (Å²) in [5.74, 6) is 1.65. The molecule has 0 atom stereocenters. The van der Waals surface area contributed by atoms with Gasteiger partial charge in [0.25, 0.3) is 0 Å². The number of ether oxygens (including phenoxy) is 2. The molecular weight excluding hydrogens is 362 g/mol. The molecule has 4 rings (SSSR count). The van der Waals surface area contributed by atoms with Gasteiger partial charge in [-0.05, 0) is 55.2 Å². The quantitative estimate of drug-likeness (QED) is 0.808. The predicted octanol–water partition coefficient (Wildman–Crippen LogP) is 3.55. The molecule has 2 aliphatic heterocycles. The first-order chi connectivity index (χ1) is 12.9. The third-order valence-electron chi connectivity index (χ3n) is 5.79. The Labute approximate surface area is 161 Å². The van der Waals surface area contributed by atoms with Crippen molar-refractivity contribution in [3.8, 4) is 11.5 Å². The molecule has 2 heterocycles. The predicted molar refractivity (Wildman–Crippen MR) is 104 cm³/mol. The summed E-state index contributed by atoms with van der Waals surface area (Å²) in [5, 5.41) is 0. The highest BCUT2D eigenvalue weighted by molar-refractivity contribution is 7.89. The number of fused-ring (bicyclic) bond motifs is 1. The van der Waals surface area contributed by atoms with E-state index in [0.717, 1.165) is 37.0 Å². The second-order valence-electron chi connectivity index (χ2n) is 7.43. The Balaban J connectivity index is 1.50. The number of piperidine rings is 1. The normalized spacial score (nSPS) is 19.3. The number of methoxy groups -OCH3 is 1. The molecule has 5 nitrogen and oxygen atoms in total. The summed E-state index contributed by atoms with van der Waals surface area (Å²) in [4.78, 5) is 0.326. The van der Waals surface area contributed by atoms with E-state index in [0.29, 0.717) is 23.7 Å². The Morgan fingerprint density at radius 2 is 1.81 bits per heavy atom. The van der Waals surface area contributed by atoms with Crippen molar-refractivity contribution in [2.24, 2.45) is 0 Å². The molecule has 0 saturated carbocycles. The van der Waals surface area contributed by atoms with Crippen LogP contribution in [0.15, 0.2) is 47.4 Å². The molecule has 1 fully saturated rings. The van der Waals surface area contributed by atoms with Crippen LogP contribution in [0, 0.1) is 6.92 Å². The second-order valence-corrected chi connectivity index (χ2v) is 9.37. The van der Waals surface area contributed by atoms with Gasteiger partial charge in [0.1, 0.15) is 17.1 Å². The average molecular weight is 388 g/mol. The molecule has 0 amide bonds. The smallest absolute Gasteiger partial charge is 0.243 e. The minimum atomic E-state index is -3.50. The third kappa shape index (κ3) is 3.32. The van der Waals surface area contributed by atoms with Crippen LogP contribution in [0.1, 0.15) is 30.4 Å². The number of aryl methyl sites for hydroxylation is 2. The van der Waals surface area contributed by atoms with Gasteiger partial charge in [-0.2, -0.15) is 4.31 Å². The van der Waals surface area contributed by atoms with E-state index in [2.05, 4.69) is 6.07 Å². The first kappa shape index (κ1) is 18.3. The molecule has 144 valence electrons. The average Bonchev–Trinajstić information content (AvgIpc) is 2.68. The fourth-order valence-electron chi connectivity index (χ4n) is 4.10. The summed E-state index contributed by atoms with van der Waals surface area (Å²) in [6, 6.07) is 13.2. The molecule has 6 heteroatoms. The molecule has 2 aromatic carbocycles. The summed E-state index contributed by atoms with van der Waals surface area (Å²) >= 11 is 0. The van der Waals surface area contributed by atoms with Crippen LogP contribution in [-0.2, 0) is 16.4 Å². The summed E-state index contributed by atoms with van der Waals surface area (Å²) < 4.78 is 39.3. The summed E-state index contributed by atoms with van der Waals surface area (Å²) in [7, 11) is -1.92. The molecule has 0 aromatic heterocycles. The van der Waals surface area contributed by atoms with E-state index in [1.165, 1.54) is 5.56 Å². The second kappa shape index (κ2) is 6.84. The van der Waals surface area contributed by atoms with Gasteiger partial charge in [-0.3, -0.25) is 0 Å². The van der Waals surface area contributed by atoms with Crippen molar-refractivity contribution in [1.29, 1.82) is 0 Å². The fraction of sp³-hybridized carbons (Fsp3) is 0.429. The van der Waals surface area contributed by atoms with Crippen LogP contribution >= 0.6 is 0 Å². The maximum atomic E-state index is 13.1. The van der Waals surface area contributed by atoms with Crippen LogP contribution < -0.4 is 9.47 Å². The van der Waals surface area contributed by atoms with Crippen molar-refractivity contribution in [3.63, 3.8) is 0 Å². The number of para-hydroxylation sites is 1. The molecular formula is C21H25NO4S. The Bertz CT molecular complexity index is 946. The number of benzene rings is 2. The largest absolute Gasteiger partial charge is 0.496 e. The Morgan fingerprint density at radius 1 is 1.07 bits per heavy atom. The van der Waals surface area contributed by atoms with Gasteiger partial charge < -0.3 is 9.47 Å². The lowest BCUT2D eigenvalue weighted by atomic mass is 9.84. The lowest BCUT2D eigenvalue weighted by Crippen LogP contribution is -2.51. The minimum absolute atomic E-state index is 0.240. The number of hydrogen-bond donors (Lipinski definition) is 0. The summed E-state index contributed by atoms with van der Waals surface area (Å²) in [6.45, 7) is 2.82. The van der Waals surface area contributed by atoms with Gasteiger partial charge in [0, 0.05) is 25.9 Å². The highest BCUT2D eigenvalue weighted by atomic mass is 32.2. The molecule has 1 spiro atoms. The van der Waals surface area contributed by atoms with E-state index < -0.39 is 10.0 Å². The van der Waals surface area contributed by atoms with Gasteiger partial charge in [-0.15, -0.1) is 0 Å². The van der Waals surface area contributed by atoms with E-state index in [-0.39, 0.29) is 5.60 Å². The van der Waals surface area contributed by atoms with Crippen molar-refractivity contribution < 1.29 is 17.9 Å². The standard InChI is InChI=1S/C21H25NO4S/c1-16-15-18(7-8-19(16)25-2)27(23,24)22-13-11-21(12-14-22)10-9-17-5-3-4-6-20(17)26-21/h3-8,15H,9-14H2,1-2H3. The zero-order valence-corrected chi connectivity index (χ0v) is 16.6. The van der Waals surface area contributed by atoms with E-state index >= 15 is 0 Å². The van der Waals surface area contributed by atoms with Gasteiger partial charge in [0.15, 0.2) is 0 Å². The summed E-state index contributed by atoms with van der Waals surface area (Å²) in [5.41, 5.74) is 1.82. The van der Waals surface area contributed by atoms with Crippen molar-refractivity contribution in [2.75, 3.05) is 20.2 Å². The molecule has 0 radical (unpaired) electrons. The Hall–Kier alpha value is -2.05. The molecule has 2 aromatic rings. The Kier molecular flexibility index (Phi) is 4.64. The van der Waals surface area contributed by atoms with Crippen molar-refractivity contribution in [2.45, 2.75) is 43.1 Å². The lowest BCUT2D eigenvalue weighted by molar-refractivity contribution is 0.00181. The van der Waals surface area contributed by atoms with Crippen LogP contribution in [0.4, 0.5) is 0 Å². The maximum absolute atomic E-state index is 13.1. The number of nitrogens with zero attached hydrogens (tertiary/aromatic N) is 1. The van der Waals surface area contributed by atoms with E-state index in [1.807, 2.05) is 25.1 Å². The van der Waals surface area contributed by atoms with Crippen LogP contribution in [-0.4, -0.2) is 38.5 Å². The van der Waals surface area contributed by atoms with Gasteiger partial charge in [0.2, 0.25) is 10.0 Å². The molecule has 0 N–H and O–H groups in total. The molecule has 0 aliphatic carbocycles. The molecule has 1 saturated heterocycles. The number of rotatable bonds is 3. The first-order valence-corrected chi connectivity index (χ1v) is 10.8. The zero-order valence-electron chi connectivity index (χ0n) is 15.8. The van der Waals surface area contributed by atoms with Crippen LogP contribution in [0.25, 0.3) is 0 Å². The lowest BCUT2D eigenvalue weighted by Gasteiger charge is -2.44. The van der Waals surface area contributed by atoms with E-state index in [1.54, 1.807) is 29.6 Å². The molecule has 0 unspecified atom stereocenters. The topological polar surface area (TPSA) is 55.8 Å². The SMILES string of the molecule is COc1ccc(S(=O)(=O)N2CCC3(CCc4ccccc4O3)CC2)cc1C. The van der Waals surface area contributed by atoms with Gasteiger partial charge in [-0.25, -0.2) is 8.42 Å². The van der Waals surface area contributed by atoms with Gasteiger partial charge >= 0.3 is 0 Å². The third-order valence-corrected chi connectivity index (χ3v) is 7.68. The van der Waals surface area contributed by atoms with Gasteiger partial charge in [0.05, 0.1) is 12.0 Å². The summed E-state index contributed by atoms with van der Waals surface area (Å²) in [6.07, 6.45) is 3.37. The van der Waals surface area contributed by atoms with Crippen LogP contribution in [0.5, 0.6) is 11.5 Å². The number of sulfonamides is 1. The van der Waals surface area contributed by atoms with E-state index in [9.17, 15) is 8.42 Å². The van der Waals surface area contributed by atoms with Crippen molar-refractivity contribution >= 4 is 10.0 Å². The zero-order chi connectivity index (χ0) is 19.1. The van der Waals surface area contributed by atoms with Crippen molar-refractivity contribution in [1.82, 2.24) is 4.31 Å². The first-order valence-electron chi connectivity index (χ1n) is 9.35. The minimum Gasteiger partial charge on any atom is -0.496 e. The Morgan fingerprint density at radius 3 is 2.52 bits per heavy atom. The van der Waals surface area contributed by atoms with E-state index in [4.69, 9.17) is 9.47 Å². The molecule has 2 aliphatic rings. The van der Waals surface area contributed by atoms with Gasteiger partial charge in [-0.1, -0.05) is 18.2 Å². The molecule has 27 heavy (non-hydrogen) atoms. The van der Waals surface area contributed by atoms with Crippen molar-refractivity contribution in [3.05, 3.63) is 53.6 Å². The highest BCUT2D eigenvalue weighted by Crippen LogP contribution is 2.40. The van der Waals surface area contributed by atoms with Crippen LogP contribution in [0.2, 0.25) is 0 Å².